The maximum absolute atomic E-state index is 12.4. The predicted octanol–water partition coefficient (Wildman–Crippen LogP) is 2.44. The van der Waals surface area contributed by atoms with Gasteiger partial charge in [-0.1, -0.05) is 22.9 Å². The summed E-state index contributed by atoms with van der Waals surface area (Å²) < 4.78 is 29.3. The molecule has 0 fully saturated rings. The van der Waals surface area contributed by atoms with Crippen LogP contribution >= 0.6 is 15.9 Å². The number of aromatic nitrogens is 2. The first kappa shape index (κ1) is 16.7. The molecule has 0 spiro atoms. The van der Waals surface area contributed by atoms with Crippen LogP contribution in [0.25, 0.3) is 0 Å². The third kappa shape index (κ3) is 4.03. The highest BCUT2D eigenvalue weighted by Crippen LogP contribution is 2.20. The van der Waals surface area contributed by atoms with Crippen LogP contribution in [0.15, 0.2) is 11.2 Å². The molecule has 0 saturated carbocycles. The van der Waals surface area contributed by atoms with Gasteiger partial charge in [0.15, 0.2) is 5.03 Å². The molecule has 110 valence electrons. The van der Waals surface area contributed by atoms with E-state index in [1.165, 1.54) is 0 Å². The predicted molar refractivity (Wildman–Crippen MR) is 80.1 cm³/mol. The number of hydrogen-bond acceptors (Lipinski definition) is 3. The van der Waals surface area contributed by atoms with Gasteiger partial charge in [-0.25, -0.2) is 18.1 Å². The Morgan fingerprint density at radius 3 is 2.53 bits per heavy atom. The molecule has 1 unspecified atom stereocenters. The Morgan fingerprint density at radius 1 is 1.47 bits per heavy atom. The smallest absolute Gasteiger partial charge is 0.260 e. The number of nitrogens with zero attached hydrogens (tertiary/aromatic N) is 2. The lowest BCUT2D eigenvalue weighted by Gasteiger charge is -2.28. The number of aryl methyl sites for hydroxylation is 2. The molecule has 0 amide bonds. The number of rotatable bonds is 7. The van der Waals surface area contributed by atoms with Crippen LogP contribution in [0, 0.1) is 6.92 Å². The van der Waals surface area contributed by atoms with E-state index < -0.39 is 15.6 Å². The molecule has 0 aliphatic heterocycles. The Kier molecular flexibility index (Phi) is 5.58. The van der Waals surface area contributed by atoms with Gasteiger partial charge < -0.3 is 4.57 Å². The zero-order valence-electron chi connectivity index (χ0n) is 11.9. The molecule has 1 aromatic rings. The molecule has 0 bridgehead atoms. The highest BCUT2D eigenvalue weighted by atomic mass is 79.9. The van der Waals surface area contributed by atoms with E-state index >= 15 is 0 Å². The third-order valence-electron chi connectivity index (χ3n) is 3.38. The van der Waals surface area contributed by atoms with Gasteiger partial charge in [-0.15, -0.1) is 0 Å². The zero-order valence-corrected chi connectivity index (χ0v) is 14.3. The van der Waals surface area contributed by atoms with E-state index in [0.717, 1.165) is 18.2 Å². The van der Waals surface area contributed by atoms with E-state index in [9.17, 15) is 8.42 Å². The summed E-state index contributed by atoms with van der Waals surface area (Å²) in [6.45, 7) is 8.36. The molecule has 5 nitrogen and oxygen atoms in total. The van der Waals surface area contributed by atoms with E-state index in [0.29, 0.717) is 12.4 Å². The summed E-state index contributed by atoms with van der Waals surface area (Å²) in [4.78, 5) is 4.13. The summed E-state index contributed by atoms with van der Waals surface area (Å²) in [5, 5.41) is 0.851. The standard InChI is InChI=1S/C12H22BrN3O2S/c1-5-12(4,7-8-13)15-19(17,18)11-9-16(6-2)10(3)14-11/h9,15H,5-8H2,1-4H3. The second-order valence-corrected chi connectivity index (χ2v) is 7.29. The number of hydrogen-bond donors (Lipinski definition) is 1. The van der Waals surface area contributed by atoms with Crippen molar-refractivity contribution in [2.45, 2.75) is 57.6 Å². The second kappa shape index (κ2) is 6.37. The van der Waals surface area contributed by atoms with Crippen molar-refractivity contribution in [2.24, 2.45) is 0 Å². The van der Waals surface area contributed by atoms with Crippen molar-refractivity contribution in [1.29, 1.82) is 0 Å². The molecule has 1 rings (SSSR count). The summed E-state index contributed by atoms with van der Waals surface area (Å²) in [5.74, 6) is 0.710. The lowest BCUT2D eigenvalue weighted by molar-refractivity contribution is 0.392. The molecular formula is C12H22BrN3O2S. The minimum atomic E-state index is -3.57. The fraction of sp³-hybridized carbons (Fsp3) is 0.750. The van der Waals surface area contributed by atoms with Gasteiger partial charge in [0.25, 0.3) is 10.0 Å². The maximum atomic E-state index is 12.4. The number of alkyl halides is 1. The van der Waals surface area contributed by atoms with E-state index in [-0.39, 0.29) is 5.03 Å². The van der Waals surface area contributed by atoms with Crippen LogP contribution in [0.3, 0.4) is 0 Å². The molecule has 1 heterocycles. The van der Waals surface area contributed by atoms with E-state index in [1.54, 1.807) is 13.1 Å². The average Bonchev–Trinajstić information content (AvgIpc) is 2.71. The molecule has 0 aliphatic carbocycles. The van der Waals surface area contributed by atoms with Crippen molar-refractivity contribution in [1.82, 2.24) is 14.3 Å². The topological polar surface area (TPSA) is 64.0 Å². The molecule has 0 saturated heterocycles. The minimum absolute atomic E-state index is 0.0982. The SMILES string of the molecule is CCn1cc(S(=O)(=O)NC(C)(CC)CCBr)nc1C. The van der Waals surface area contributed by atoms with E-state index in [4.69, 9.17) is 0 Å². The zero-order chi connectivity index (χ0) is 14.7. The maximum Gasteiger partial charge on any atom is 0.260 e. The highest BCUT2D eigenvalue weighted by Gasteiger charge is 2.30. The largest absolute Gasteiger partial charge is 0.334 e. The molecular weight excluding hydrogens is 330 g/mol. The first-order chi connectivity index (χ1) is 8.78. The summed E-state index contributed by atoms with van der Waals surface area (Å²) in [6, 6.07) is 0. The van der Waals surface area contributed by atoms with Crippen LogP contribution in [-0.4, -0.2) is 28.8 Å². The Morgan fingerprint density at radius 2 is 2.11 bits per heavy atom. The molecule has 19 heavy (non-hydrogen) atoms. The van der Waals surface area contributed by atoms with Crippen LogP contribution in [0.5, 0.6) is 0 Å². The molecule has 0 aliphatic rings. The van der Waals surface area contributed by atoms with Crippen molar-refractivity contribution in [3.63, 3.8) is 0 Å². The van der Waals surface area contributed by atoms with Gasteiger partial charge >= 0.3 is 0 Å². The lowest BCUT2D eigenvalue weighted by atomic mass is 9.98. The Hall–Kier alpha value is -0.400. The summed E-state index contributed by atoms with van der Waals surface area (Å²) >= 11 is 3.36. The molecule has 0 radical (unpaired) electrons. The molecule has 0 aromatic carbocycles. The van der Waals surface area contributed by atoms with Gasteiger partial charge in [-0.3, -0.25) is 0 Å². The van der Waals surface area contributed by atoms with Gasteiger partial charge in [0, 0.05) is 23.6 Å². The van der Waals surface area contributed by atoms with Gasteiger partial charge in [0.05, 0.1) is 0 Å². The minimum Gasteiger partial charge on any atom is -0.334 e. The van der Waals surface area contributed by atoms with Crippen molar-refractivity contribution >= 4 is 26.0 Å². The Labute approximate surface area is 124 Å². The quantitative estimate of drug-likeness (QED) is 0.767. The second-order valence-electron chi connectivity index (χ2n) is 4.87. The summed E-state index contributed by atoms with van der Waals surface area (Å²) in [5.41, 5.74) is -0.452. The number of imidazole rings is 1. The fourth-order valence-electron chi connectivity index (χ4n) is 1.81. The molecule has 1 atom stereocenters. The Balaban J connectivity index is 3.03. The first-order valence-electron chi connectivity index (χ1n) is 6.41. The summed E-state index contributed by atoms with van der Waals surface area (Å²) in [7, 11) is -3.57. The van der Waals surface area contributed by atoms with Gasteiger partial charge in [0.2, 0.25) is 0 Å². The number of sulfonamides is 1. The van der Waals surface area contributed by atoms with Crippen LogP contribution in [0.2, 0.25) is 0 Å². The third-order valence-corrected chi connectivity index (χ3v) is 5.28. The molecule has 1 aromatic heterocycles. The van der Waals surface area contributed by atoms with E-state index in [1.807, 2.05) is 25.3 Å². The number of nitrogens with one attached hydrogen (secondary N) is 1. The van der Waals surface area contributed by atoms with Gasteiger partial charge in [-0.05, 0) is 33.6 Å². The normalized spacial score (nSPS) is 15.4. The van der Waals surface area contributed by atoms with Crippen LogP contribution in [0.1, 0.15) is 39.4 Å². The van der Waals surface area contributed by atoms with Crippen molar-refractivity contribution < 1.29 is 8.42 Å². The van der Waals surface area contributed by atoms with Crippen molar-refractivity contribution in [2.75, 3.05) is 5.33 Å². The molecule has 7 heteroatoms. The van der Waals surface area contributed by atoms with Crippen LogP contribution in [0.4, 0.5) is 0 Å². The van der Waals surface area contributed by atoms with Crippen molar-refractivity contribution in [3.05, 3.63) is 12.0 Å². The number of halogens is 1. The summed E-state index contributed by atoms with van der Waals surface area (Å²) in [6.07, 6.45) is 3.05. The van der Waals surface area contributed by atoms with Gasteiger partial charge in [0.1, 0.15) is 5.82 Å². The van der Waals surface area contributed by atoms with Crippen LogP contribution in [-0.2, 0) is 16.6 Å². The Bertz CT molecular complexity index is 527. The molecule has 1 N–H and O–H groups in total. The monoisotopic (exact) mass is 351 g/mol. The van der Waals surface area contributed by atoms with Crippen molar-refractivity contribution in [3.8, 4) is 0 Å². The lowest BCUT2D eigenvalue weighted by Crippen LogP contribution is -2.45. The average molecular weight is 352 g/mol. The highest BCUT2D eigenvalue weighted by molar-refractivity contribution is 9.09. The van der Waals surface area contributed by atoms with Crippen LogP contribution < -0.4 is 4.72 Å². The fourth-order valence-corrected chi connectivity index (χ4v) is 4.21. The van der Waals surface area contributed by atoms with Gasteiger partial charge in [-0.2, -0.15) is 0 Å². The first-order valence-corrected chi connectivity index (χ1v) is 9.02. The van der Waals surface area contributed by atoms with E-state index in [2.05, 4.69) is 25.6 Å².